The molecule has 1 N–H and O–H groups in total. The molecule has 3 heterocycles. The van der Waals surface area contributed by atoms with E-state index in [-0.39, 0.29) is 24.0 Å². The number of fused-ring (bicyclic) bond motifs is 1. The van der Waals surface area contributed by atoms with Gasteiger partial charge in [0.2, 0.25) is 11.8 Å². The van der Waals surface area contributed by atoms with Gasteiger partial charge in [-0.25, -0.2) is 4.79 Å². The van der Waals surface area contributed by atoms with E-state index in [4.69, 9.17) is 4.74 Å². The number of hydrogen-bond acceptors (Lipinski definition) is 7. The van der Waals surface area contributed by atoms with Gasteiger partial charge in [0.15, 0.2) is 0 Å². The fourth-order valence-corrected chi connectivity index (χ4v) is 5.01. The molecule has 0 radical (unpaired) electrons. The molecule has 0 spiro atoms. The molecule has 1 aromatic heterocycles. The van der Waals surface area contributed by atoms with Crippen molar-refractivity contribution in [3.8, 4) is 0 Å². The number of nitrogens with one attached hydrogen (secondary N) is 1. The van der Waals surface area contributed by atoms with Crippen LogP contribution >= 0.6 is 0 Å². The van der Waals surface area contributed by atoms with E-state index >= 15 is 0 Å². The number of imide groups is 1. The summed E-state index contributed by atoms with van der Waals surface area (Å²) in [5, 5.41) is 2.34. The van der Waals surface area contributed by atoms with Crippen molar-refractivity contribution in [2.75, 3.05) is 32.7 Å². The van der Waals surface area contributed by atoms with Crippen molar-refractivity contribution >= 4 is 28.8 Å². The van der Waals surface area contributed by atoms with Gasteiger partial charge >= 0.3 is 11.7 Å². The zero-order valence-electron chi connectivity index (χ0n) is 21.7. The van der Waals surface area contributed by atoms with Crippen LogP contribution < -0.4 is 11.0 Å². The molecule has 2 saturated heterocycles. The Bertz CT molecular complexity index is 1200. The van der Waals surface area contributed by atoms with E-state index in [1.807, 2.05) is 39.0 Å². The lowest BCUT2D eigenvalue weighted by Crippen LogP contribution is -2.46. The summed E-state index contributed by atoms with van der Waals surface area (Å²) in [5.74, 6) is -0.860. The fraction of sp³-hybridized carbons (Fsp3) is 0.615. The molecule has 0 aliphatic carbocycles. The number of nitrogens with zero attached hydrogens (tertiary/aromatic N) is 4. The minimum atomic E-state index is -0.673. The van der Waals surface area contributed by atoms with Gasteiger partial charge in [0.25, 0.3) is 0 Å². The van der Waals surface area contributed by atoms with Crippen molar-refractivity contribution in [1.82, 2.24) is 24.3 Å². The van der Waals surface area contributed by atoms with Crippen molar-refractivity contribution in [3.05, 3.63) is 34.2 Å². The number of aryl methyl sites for hydroxylation is 1. The Morgan fingerprint density at radius 3 is 2.42 bits per heavy atom. The zero-order valence-corrected chi connectivity index (χ0v) is 21.7. The van der Waals surface area contributed by atoms with Crippen molar-refractivity contribution in [2.24, 2.45) is 7.05 Å². The van der Waals surface area contributed by atoms with Crippen molar-refractivity contribution in [3.63, 3.8) is 0 Å². The first kappa shape index (κ1) is 26.1. The molecule has 36 heavy (non-hydrogen) atoms. The van der Waals surface area contributed by atoms with Gasteiger partial charge in [-0.15, -0.1) is 0 Å². The van der Waals surface area contributed by atoms with E-state index in [0.717, 1.165) is 56.8 Å². The van der Waals surface area contributed by atoms with Crippen molar-refractivity contribution < 1.29 is 19.1 Å². The number of piperidine rings is 1. The van der Waals surface area contributed by atoms with Crippen LogP contribution in [0.25, 0.3) is 11.0 Å². The standard InChI is InChI=1S/C26H37N5O5/c1-26(2,3)36-23(33)6-5-11-29-12-14-30(15-13-29)17-18-7-8-19-21(16-18)28(4)25(35)31(19)20-9-10-22(32)27-24(20)34/h7-8,16,20H,5-6,9-15,17H2,1-4H3,(H,27,32,34). The molecular weight excluding hydrogens is 462 g/mol. The van der Waals surface area contributed by atoms with Crippen LogP contribution in [0, 0.1) is 0 Å². The number of carbonyl (C=O) groups excluding carboxylic acids is 3. The second kappa shape index (κ2) is 10.6. The van der Waals surface area contributed by atoms with Crippen LogP contribution in [-0.4, -0.2) is 75.0 Å². The normalized spacial score (nSPS) is 20.1. The predicted molar refractivity (Wildman–Crippen MR) is 135 cm³/mol. The SMILES string of the molecule is Cn1c(=O)n(C2CCC(=O)NC2=O)c2ccc(CN3CCN(CCCC(=O)OC(C)(C)C)CC3)cc21. The van der Waals surface area contributed by atoms with Gasteiger partial charge in [-0.05, 0) is 57.9 Å². The van der Waals surface area contributed by atoms with Crippen LogP contribution in [-0.2, 0) is 32.7 Å². The number of esters is 1. The number of rotatable bonds is 7. The second-order valence-electron chi connectivity index (χ2n) is 10.8. The monoisotopic (exact) mass is 499 g/mol. The van der Waals surface area contributed by atoms with Crippen LogP contribution in [0.2, 0.25) is 0 Å². The molecule has 0 bridgehead atoms. The van der Waals surface area contributed by atoms with E-state index < -0.39 is 17.6 Å². The number of carbonyl (C=O) groups is 3. The molecule has 2 aliphatic rings. The third kappa shape index (κ3) is 6.04. The fourth-order valence-electron chi connectivity index (χ4n) is 5.01. The summed E-state index contributed by atoms with van der Waals surface area (Å²) in [6, 6.07) is 5.26. The van der Waals surface area contributed by atoms with Gasteiger partial charge in [-0.3, -0.25) is 33.7 Å². The Morgan fingerprint density at radius 2 is 1.75 bits per heavy atom. The van der Waals surface area contributed by atoms with Gasteiger partial charge < -0.3 is 9.64 Å². The lowest BCUT2D eigenvalue weighted by atomic mass is 10.1. The largest absolute Gasteiger partial charge is 0.460 e. The molecule has 2 fully saturated rings. The Morgan fingerprint density at radius 1 is 1.06 bits per heavy atom. The summed E-state index contributed by atoms with van der Waals surface area (Å²) in [5.41, 5.74) is 1.90. The molecule has 10 heteroatoms. The minimum absolute atomic E-state index is 0.141. The minimum Gasteiger partial charge on any atom is -0.460 e. The highest BCUT2D eigenvalue weighted by atomic mass is 16.6. The lowest BCUT2D eigenvalue weighted by molar-refractivity contribution is -0.155. The van der Waals surface area contributed by atoms with Crippen LogP contribution in [0.4, 0.5) is 0 Å². The quantitative estimate of drug-likeness (QED) is 0.455. The summed E-state index contributed by atoms with van der Waals surface area (Å²) in [6.45, 7) is 11.1. The van der Waals surface area contributed by atoms with Crippen molar-refractivity contribution in [2.45, 2.75) is 64.6 Å². The topological polar surface area (TPSA) is 106 Å². The smallest absolute Gasteiger partial charge is 0.329 e. The average molecular weight is 500 g/mol. The first-order valence-corrected chi connectivity index (χ1v) is 12.7. The van der Waals surface area contributed by atoms with Gasteiger partial charge in [-0.1, -0.05) is 6.07 Å². The maximum absolute atomic E-state index is 13.0. The Kier molecular flexibility index (Phi) is 7.65. The van der Waals surface area contributed by atoms with E-state index in [1.165, 1.54) is 4.57 Å². The molecule has 10 nitrogen and oxygen atoms in total. The highest BCUT2D eigenvalue weighted by Crippen LogP contribution is 2.24. The van der Waals surface area contributed by atoms with Crippen LogP contribution in [0.15, 0.2) is 23.0 Å². The Hall–Kier alpha value is -2.98. The van der Waals surface area contributed by atoms with E-state index in [9.17, 15) is 19.2 Å². The summed E-state index contributed by atoms with van der Waals surface area (Å²) < 4.78 is 8.47. The van der Waals surface area contributed by atoms with Gasteiger partial charge in [0.1, 0.15) is 11.6 Å². The summed E-state index contributed by atoms with van der Waals surface area (Å²) in [6.07, 6.45) is 1.79. The molecule has 0 saturated carbocycles. The van der Waals surface area contributed by atoms with Crippen LogP contribution in [0.3, 0.4) is 0 Å². The molecular formula is C26H37N5O5. The van der Waals surface area contributed by atoms with Gasteiger partial charge in [0, 0.05) is 52.6 Å². The number of benzene rings is 1. The van der Waals surface area contributed by atoms with E-state index in [1.54, 1.807) is 11.6 Å². The number of ether oxygens (including phenoxy) is 1. The first-order chi connectivity index (χ1) is 17.0. The third-order valence-electron chi connectivity index (χ3n) is 6.82. The number of amides is 2. The maximum Gasteiger partial charge on any atom is 0.329 e. The molecule has 196 valence electrons. The number of imidazole rings is 1. The average Bonchev–Trinajstić information content (AvgIpc) is 3.04. The number of aromatic nitrogens is 2. The van der Waals surface area contributed by atoms with Gasteiger partial charge in [-0.2, -0.15) is 0 Å². The summed E-state index contributed by atoms with van der Waals surface area (Å²) >= 11 is 0. The second-order valence-corrected chi connectivity index (χ2v) is 10.8. The number of hydrogen-bond donors (Lipinski definition) is 1. The molecule has 1 aromatic carbocycles. The highest BCUT2D eigenvalue weighted by molar-refractivity contribution is 6.00. The van der Waals surface area contributed by atoms with E-state index in [0.29, 0.717) is 18.4 Å². The molecule has 1 atom stereocenters. The first-order valence-electron chi connectivity index (χ1n) is 12.7. The molecule has 4 rings (SSSR count). The summed E-state index contributed by atoms with van der Waals surface area (Å²) in [4.78, 5) is 53.6. The Balaban J connectivity index is 1.33. The Labute approximate surface area is 211 Å². The predicted octanol–water partition coefficient (Wildman–Crippen LogP) is 1.56. The lowest BCUT2D eigenvalue weighted by Gasteiger charge is -2.34. The molecule has 2 aliphatic heterocycles. The number of piperazine rings is 1. The highest BCUT2D eigenvalue weighted by Gasteiger charge is 2.31. The van der Waals surface area contributed by atoms with Crippen molar-refractivity contribution in [1.29, 1.82) is 0 Å². The van der Waals surface area contributed by atoms with Gasteiger partial charge in [0.05, 0.1) is 11.0 Å². The zero-order chi connectivity index (χ0) is 26.0. The van der Waals surface area contributed by atoms with Crippen LogP contribution in [0.1, 0.15) is 58.1 Å². The maximum atomic E-state index is 13.0. The third-order valence-corrected chi connectivity index (χ3v) is 6.82. The molecule has 2 amide bonds. The van der Waals surface area contributed by atoms with E-state index in [2.05, 4.69) is 15.1 Å². The molecule has 1 unspecified atom stereocenters. The molecule has 2 aromatic rings. The van der Waals surface area contributed by atoms with Crippen LogP contribution in [0.5, 0.6) is 0 Å². The summed E-state index contributed by atoms with van der Waals surface area (Å²) in [7, 11) is 1.72.